The van der Waals surface area contributed by atoms with E-state index in [-0.39, 0.29) is 0 Å². The van der Waals surface area contributed by atoms with E-state index in [1.807, 2.05) is 13.8 Å². The largest absolute Gasteiger partial charge is 0.490 e. The van der Waals surface area contributed by atoms with Gasteiger partial charge in [0.1, 0.15) is 0 Å². The fourth-order valence-corrected chi connectivity index (χ4v) is 2.70. The van der Waals surface area contributed by atoms with Crippen LogP contribution in [0.1, 0.15) is 32.8 Å². The SMILES string of the molecule is CCCc1cn(CCN)c2cc(OCC)c(OCC)cc12. The number of nitrogens with zero attached hydrogens (tertiary/aromatic N) is 1. The number of aryl methyl sites for hydroxylation is 1. The van der Waals surface area contributed by atoms with E-state index < -0.39 is 0 Å². The summed E-state index contributed by atoms with van der Waals surface area (Å²) in [4.78, 5) is 0. The minimum absolute atomic E-state index is 0.630. The number of ether oxygens (including phenoxy) is 2. The first-order valence-electron chi connectivity index (χ1n) is 7.86. The Morgan fingerprint density at radius 3 is 2.29 bits per heavy atom. The molecule has 0 aliphatic rings. The predicted octanol–water partition coefficient (Wildman–Crippen LogP) is 3.35. The summed E-state index contributed by atoms with van der Waals surface area (Å²) >= 11 is 0. The van der Waals surface area contributed by atoms with Crippen LogP contribution in [0.15, 0.2) is 18.3 Å². The van der Waals surface area contributed by atoms with Crippen LogP contribution in [0.4, 0.5) is 0 Å². The maximum absolute atomic E-state index is 5.74. The van der Waals surface area contributed by atoms with Gasteiger partial charge in [-0.2, -0.15) is 0 Å². The average Bonchev–Trinajstić information content (AvgIpc) is 2.78. The fourth-order valence-electron chi connectivity index (χ4n) is 2.70. The number of aromatic nitrogens is 1. The van der Waals surface area contributed by atoms with Gasteiger partial charge in [0.25, 0.3) is 0 Å². The highest BCUT2D eigenvalue weighted by Crippen LogP contribution is 2.35. The zero-order chi connectivity index (χ0) is 15.2. The van der Waals surface area contributed by atoms with Crippen LogP contribution in [-0.4, -0.2) is 24.3 Å². The Morgan fingerprint density at radius 1 is 1.05 bits per heavy atom. The summed E-state index contributed by atoms with van der Waals surface area (Å²) in [5.74, 6) is 1.64. The first-order chi connectivity index (χ1) is 10.2. The monoisotopic (exact) mass is 290 g/mol. The van der Waals surface area contributed by atoms with Crippen molar-refractivity contribution < 1.29 is 9.47 Å². The maximum Gasteiger partial charge on any atom is 0.163 e. The van der Waals surface area contributed by atoms with Gasteiger partial charge >= 0.3 is 0 Å². The number of fused-ring (bicyclic) bond motifs is 1. The molecule has 0 fully saturated rings. The van der Waals surface area contributed by atoms with Crippen molar-refractivity contribution in [3.63, 3.8) is 0 Å². The lowest BCUT2D eigenvalue weighted by Gasteiger charge is -2.12. The van der Waals surface area contributed by atoms with E-state index in [9.17, 15) is 0 Å². The minimum atomic E-state index is 0.630. The van der Waals surface area contributed by atoms with Crippen LogP contribution >= 0.6 is 0 Å². The van der Waals surface area contributed by atoms with Gasteiger partial charge in [0.2, 0.25) is 0 Å². The van der Waals surface area contributed by atoms with E-state index in [4.69, 9.17) is 15.2 Å². The van der Waals surface area contributed by atoms with E-state index >= 15 is 0 Å². The first kappa shape index (κ1) is 15.7. The molecule has 1 heterocycles. The molecule has 0 saturated carbocycles. The molecule has 4 heteroatoms. The van der Waals surface area contributed by atoms with E-state index in [2.05, 4.69) is 29.8 Å². The topological polar surface area (TPSA) is 49.4 Å². The van der Waals surface area contributed by atoms with Crippen molar-refractivity contribution in [1.29, 1.82) is 0 Å². The van der Waals surface area contributed by atoms with Gasteiger partial charge in [-0.15, -0.1) is 0 Å². The zero-order valence-electron chi connectivity index (χ0n) is 13.3. The molecular formula is C17H26N2O2. The van der Waals surface area contributed by atoms with Crippen LogP contribution in [0.5, 0.6) is 11.5 Å². The van der Waals surface area contributed by atoms with Crippen molar-refractivity contribution in [3.05, 3.63) is 23.9 Å². The molecule has 0 aliphatic heterocycles. The van der Waals surface area contributed by atoms with Crippen LogP contribution < -0.4 is 15.2 Å². The molecule has 0 atom stereocenters. The number of nitrogens with two attached hydrogens (primary N) is 1. The Kier molecular flexibility index (Phi) is 5.51. The molecule has 21 heavy (non-hydrogen) atoms. The molecule has 2 rings (SSSR count). The van der Waals surface area contributed by atoms with Gasteiger partial charge in [-0.25, -0.2) is 0 Å². The summed E-state index contributed by atoms with van der Waals surface area (Å²) < 4.78 is 13.7. The molecule has 0 saturated heterocycles. The van der Waals surface area contributed by atoms with Gasteiger partial charge in [-0.05, 0) is 31.9 Å². The molecule has 2 N–H and O–H groups in total. The lowest BCUT2D eigenvalue weighted by Crippen LogP contribution is -2.08. The molecule has 0 bridgehead atoms. The van der Waals surface area contributed by atoms with Gasteiger partial charge in [0.05, 0.1) is 18.7 Å². The standard InChI is InChI=1S/C17H26N2O2/c1-4-7-13-12-19(9-8-18)15-11-17(21-6-3)16(20-5-2)10-14(13)15/h10-12H,4-9,18H2,1-3H3. The van der Waals surface area contributed by atoms with Gasteiger partial charge in [-0.1, -0.05) is 13.3 Å². The minimum Gasteiger partial charge on any atom is -0.490 e. The van der Waals surface area contributed by atoms with Crippen LogP contribution in [0.3, 0.4) is 0 Å². The summed E-state index contributed by atoms with van der Waals surface area (Å²) in [6.07, 6.45) is 4.40. The first-order valence-corrected chi connectivity index (χ1v) is 7.86. The third kappa shape index (κ3) is 3.32. The molecule has 4 nitrogen and oxygen atoms in total. The van der Waals surface area contributed by atoms with Gasteiger partial charge in [0, 0.05) is 30.7 Å². The average molecular weight is 290 g/mol. The Labute approximate surface area is 126 Å². The van der Waals surface area contributed by atoms with Crippen LogP contribution in [0.25, 0.3) is 10.9 Å². The van der Waals surface area contributed by atoms with Gasteiger partial charge in [-0.3, -0.25) is 0 Å². The van der Waals surface area contributed by atoms with E-state index in [1.165, 1.54) is 16.5 Å². The smallest absolute Gasteiger partial charge is 0.163 e. The summed E-state index contributed by atoms with van der Waals surface area (Å²) in [5, 5.41) is 1.25. The van der Waals surface area contributed by atoms with Crippen molar-refractivity contribution in [2.45, 2.75) is 40.2 Å². The Morgan fingerprint density at radius 2 is 1.71 bits per heavy atom. The lowest BCUT2D eigenvalue weighted by atomic mass is 10.1. The second-order valence-corrected chi connectivity index (χ2v) is 5.07. The Balaban J connectivity index is 2.58. The molecule has 1 aromatic heterocycles. The molecule has 0 unspecified atom stereocenters. The number of benzene rings is 1. The molecular weight excluding hydrogens is 264 g/mol. The second kappa shape index (κ2) is 7.36. The quantitative estimate of drug-likeness (QED) is 0.811. The van der Waals surface area contributed by atoms with E-state index in [0.717, 1.165) is 30.9 Å². The Hall–Kier alpha value is -1.68. The molecule has 2 aromatic rings. The van der Waals surface area contributed by atoms with Gasteiger partial charge < -0.3 is 19.8 Å². The summed E-state index contributed by atoms with van der Waals surface area (Å²) in [6.45, 7) is 8.90. The maximum atomic E-state index is 5.74. The number of rotatable bonds is 8. The molecule has 1 aromatic carbocycles. The molecule has 0 spiro atoms. The summed E-state index contributed by atoms with van der Waals surface area (Å²) in [7, 11) is 0. The van der Waals surface area contributed by atoms with Crippen LogP contribution in [0, 0.1) is 0 Å². The normalized spacial score (nSPS) is 11.0. The fraction of sp³-hybridized carbons (Fsp3) is 0.529. The number of hydrogen-bond donors (Lipinski definition) is 1. The molecule has 116 valence electrons. The molecule has 0 radical (unpaired) electrons. The van der Waals surface area contributed by atoms with Crippen LogP contribution in [0.2, 0.25) is 0 Å². The Bertz CT molecular complexity index is 540. The molecule has 0 amide bonds. The zero-order valence-corrected chi connectivity index (χ0v) is 13.3. The highest BCUT2D eigenvalue weighted by Gasteiger charge is 2.14. The summed E-state index contributed by atoms with van der Waals surface area (Å²) in [6, 6.07) is 4.19. The number of hydrogen-bond acceptors (Lipinski definition) is 3. The lowest BCUT2D eigenvalue weighted by molar-refractivity contribution is 0.288. The highest BCUT2D eigenvalue weighted by atomic mass is 16.5. The van der Waals surface area contributed by atoms with Crippen molar-refractivity contribution in [3.8, 4) is 11.5 Å². The highest BCUT2D eigenvalue weighted by molar-refractivity contribution is 5.87. The van der Waals surface area contributed by atoms with Crippen molar-refractivity contribution in [1.82, 2.24) is 4.57 Å². The van der Waals surface area contributed by atoms with Gasteiger partial charge in [0.15, 0.2) is 11.5 Å². The van der Waals surface area contributed by atoms with Crippen LogP contribution in [-0.2, 0) is 13.0 Å². The van der Waals surface area contributed by atoms with Crippen molar-refractivity contribution >= 4 is 10.9 Å². The summed E-state index contributed by atoms with van der Waals surface area (Å²) in [5.41, 5.74) is 8.26. The van der Waals surface area contributed by atoms with Crippen molar-refractivity contribution in [2.75, 3.05) is 19.8 Å². The predicted molar refractivity (Wildman–Crippen MR) is 87.3 cm³/mol. The van der Waals surface area contributed by atoms with Crippen molar-refractivity contribution in [2.24, 2.45) is 5.73 Å². The third-order valence-electron chi connectivity index (χ3n) is 3.52. The van der Waals surface area contributed by atoms with E-state index in [1.54, 1.807) is 0 Å². The molecule has 0 aliphatic carbocycles. The second-order valence-electron chi connectivity index (χ2n) is 5.07. The third-order valence-corrected chi connectivity index (χ3v) is 3.52. The van der Waals surface area contributed by atoms with E-state index in [0.29, 0.717) is 19.8 Å².